The average Bonchev–Trinajstić information content (AvgIpc) is 2.67. The second kappa shape index (κ2) is 6.12. The molecule has 0 saturated heterocycles. The summed E-state index contributed by atoms with van der Waals surface area (Å²) in [6.45, 7) is 9.89. The Morgan fingerprint density at radius 3 is 2.71 bits per heavy atom. The molecule has 0 bridgehead atoms. The minimum absolute atomic E-state index is 0.0870. The lowest BCUT2D eigenvalue weighted by molar-refractivity contribution is -0.0394. The van der Waals surface area contributed by atoms with Gasteiger partial charge in [0.2, 0.25) is 0 Å². The maximum absolute atomic E-state index is 5.81. The van der Waals surface area contributed by atoms with Gasteiger partial charge in [-0.1, -0.05) is 12.1 Å². The van der Waals surface area contributed by atoms with Crippen LogP contribution in [0.3, 0.4) is 0 Å². The van der Waals surface area contributed by atoms with E-state index in [-0.39, 0.29) is 11.6 Å². The Bertz CT molecular complexity index is 335. The molecule has 1 N–H and O–H groups in total. The minimum Gasteiger partial charge on any atom is -0.374 e. The van der Waals surface area contributed by atoms with Crippen LogP contribution < -0.4 is 5.32 Å². The fourth-order valence-corrected chi connectivity index (χ4v) is 2.18. The van der Waals surface area contributed by atoms with E-state index >= 15 is 0 Å². The summed E-state index contributed by atoms with van der Waals surface area (Å²) in [6.07, 6.45) is 2.86. The van der Waals surface area contributed by atoms with Crippen molar-refractivity contribution >= 4 is 0 Å². The summed E-state index contributed by atoms with van der Waals surface area (Å²) in [4.78, 5) is 0. The molecule has 5 nitrogen and oxygen atoms in total. The lowest BCUT2D eigenvalue weighted by Gasteiger charge is -2.33. The van der Waals surface area contributed by atoms with Crippen molar-refractivity contribution in [1.29, 1.82) is 0 Å². The molecule has 1 unspecified atom stereocenters. The van der Waals surface area contributed by atoms with Crippen LogP contribution in [-0.4, -0.2) is 34.2 Å². The van der Waals surface area contributed by atoms with Gasteiger partial charge >= 0.3 is 0 Å². The van der Waals surface area contributed by atoms with E-state index in [1.807, 2.05) is 24.9 Å². The van der Waals surface area contributed by atoms with Gasteiger partial charge in [-0.15, -0.1) is 5.10 Å². The second-order valence-electron chi connectivity index (χ2n) is 4.64. The lowest BCUT2D eigenvalue weighted by Crippen LogP contribution is -2.41. The molecule has 0 aromatic carbocycles. The first-order valence-corrected chi connectivity index (χ1v) is 6.26. The third-order valence-corrected chi connectivity index (χ3v) is 2.88. The van der Waals surface area contributed by atoms with Gasteiger partial charge in [0.25, 0.3) is 0 Å². The highest BCUT2D eigenvalue weighted by molar-refractivity contribution is 5.08. The summed E-state index contributed by atoms with van der Waals surface area (Å²) >= 11 is 0. The molecule has 0 aliphatic rings. The number of hydrogen-bond donors (Lipinski definition) is 1. The van der Waals surface area contributed by atoms with Crippen molar-refractivity contribution in [3.8, 4) is 0 Å². The Balaban J connectivity index is 2.96. The lowest BCUT2D eigenvalue weighted by atomic mass is 9.96. The summed E-state index contributed by atoms with van der Waals surface area (Å²) in [5.74, 6) is 0. The molecule has 0 amide bonds. The normalized spacial score (nSPS) is 13.9. The van der Waals surface area contributed by atoms with E-state index in [1.54, 1.807) is 0 Å². The Labute approximate surface area is 104 Å². The smallest absolute Gasteiger partial charge is 0.0835 e. The van der Waals surface area contributed by atoms with E-state index in [0.717, 1.165) is 18.7 Å². The van der Waals surface area contributed by atoms with Crippen molar-refractivity contribution < 1.29 is 4.74 Å². The molecule has 0 radical (unpaired) electrons. The fourth-order valence-electron chi connectivity index (χ4n) is 2.18. The van der Waals surface area contributed by atoms with Gasteiger partial charge in [-0.05, 0) is 34.2 Å². The first-order chi connectivity index (χ1) is 8.06. The number of rotatable bonds is 7. The maximum atomic E-state index is 5.81. The number of nitrogens with zero attached hydrogens (tertiary/aromatic N) is 3. The zero-order valence-electron chi connectivity index (χ0n) is 11.5. The Kier molecular flexibility index (Phi) is 5.08. The molecule has 1 aromatic rings. The summed E-state index contributed by atoms with van der Waals surface area (Å²) in [6, 6.07) is 0.0870. The maximum Gasteiger partial charge on any atom is 0.0835 e. The molecule has 1 rings (SSSR count). The average molecular weight is 240 g/mol. The molecule has 17 heavy (non-hydrogen) atoms. The van der Waals surface area contributed by atoms with Crippen molar-refractivity contribution in [3.05, 3.63) is 11.9 Å². The van der Waals surface area contributed by atoms with Crippen LogP contribution in [0.1, 0.15) is 45.9 Å². The summed E-state index contributed by atoms with van der Waals surface area (Å²) in [7, 11) is 1.94. The highest BCUT2D eigenvalue weighted by atomic mass is 16.5. The van der Waals surface area contributed by atoms with Gasteiger partial charge in [-0.3, -0.25) is 0 Å². The third kappa shape index (κ3) is 3.26. The monoisotopic (exact) mass is 240 g/mol. The van der Waals surface area contributed by atoms with Crippen LogP contribution in [-0.2, 0) is 11.3 Å². The molecule has 1 atom stereocenters. The van der Waals surface area contributed by atoms with Gasteiger partial charge < -0.3 is 10.1 Å². The van der Waals surface area contributed by atoms with Crippen molar-refractivity contribution in [2.45, 2.75) is 52.3 Å². The van der Waals surface area contributed by atoms with E-state index in [0.29, 0.717) is 6.61 Å². The zero-order valence-corrected chi connectivity index (χ0v) is 11.5. The summed E-state index contributed by atoms with van der Waals surface area (Å²) in [5.41, 5.74) is 0.796. The predicted molar refractivity (Wildman–Crippen MR) is 67.8 cm³/mol. The van der Waals surface area contributed by atoms with Crippen LogP contribution in [0.15, 0.2) is 6.20 Å². The van der Waals surface area contributed by atoms with Gasteiger partial charge in [0.05, 0.1) is 23.5 Å². The number of aromatic nitrogens is 3. The molecular weight excluding hydrogens is 216 g/mol. The number of aryl methyl sites for hydroxylation is 1. The molecule has 1 aromatic heterocycles. The second-order valence-corrected chi connectivity index (χ2v) is 4.64. The largest absolute Gasteiger partial charge is 0.374 e. The van der Waals surface area contributed by atoms with E-state index < -0.39 is 0 Å². The van der Waals surface area contributed by atoms with Gasteiger partial charge in [-0.25, -0.2) is 4.68 Å². The van der Waals surface area contributed by atoms with Crippen molar-refractivity contribution in [2.24, 2.45) is 0 Å². The Morgan fingerprint density at radius 2 is 2.18 bits per heavy atom. The number of nitrogens with one attached hydrogen (secondary N) is 1. The molecule has 0 aliphatic heterocycles. The van der Waals surface area contributed by atoms with Crippen LogP contribution >= 0.6 is 0 Å². The number of ether oxygens (including phenoxy) is 1. The molecule has 5 heteroatoms. The molecule has 0 fully saturated rings. The number of likely N-dealkylation sites (N-methyl/N-ethyl adjacent to an activating group) is 1. The predicted octanol–water partition coefficient (Wildman–Crippen LogP) is 1.76. The SMILES string of the molecule is CCCn1nncc1C(NC)C(C)(C)OCC. The molecule has 0 saturated carbocycles. The van der Waals surface area contributed by atoms with E-state index in [4.69, 9.17) is 4.74 Å². The Morgan fingerprint density at radius 1 is 1.47 bits per heavy atom. The van der Waals surface area contributed by atoms with Crippen LogP contribution in [0.2, 0.25) is 0 Å². The topological polar surface area (TPSA) is 52.0 Å². The van der Waals surface area contributed by atoms with Gasteiger partial charge in [0, 0.05) is 13.2 Å². The summed E-state index contributed by atoms with van der Waals surface area (Å²) in [5, 5.41) is 11.4. The van der Waals surface area contributed by atoms with Crippen LogP contribution in [0, 0.1) is 0 Å². The fraction of sp³-hybridized carbons (Fsp3) is 0.833. The molecular formula is C12H24N4O. The zero-order chi connectivity index (χ0) is 12.9. The van der Waals surface area contributed by atoms with Gasteiger partial charge in [-0.2, -0.15) is 0 Å². The molecule has 98 valence electrons. The standard InChI is InChI=1S/C12H24N4O/c1-6-8-16-10(9-14-15-16)11(13-5)12(3,4)17-7-2/h9,11,13H,6-8H2,1-5H3. The minimum atomic E-state index is -0.281. The molecule has 1 heterocycles. The Hall–Kier alpha value is -0.940. The quantitative estimate of drug-likeness (QED) is 0.789. The molecule has 0 aliphatic carbocycles. The van der Waals surface area contributed by atoms with Gasteiger partial charge in [0.1, 0.15) is 0 Å². The van der Waals surface area contributed by atoms with Crippen LogP contribution in [0.5, 0.6) is 0 Å². The van der Waals surface area contributed by atoms with Crippen LogP contribution in [0.4, 0.5) is 0 Å². The highest BCUT2D eigenvalue weighted by Crippen LogP contribution is 2.28. The van der Waals surface area contributed by atoms with Gasteiger partial charge in [0.15, 0.2) is 0 Å². The third-order valence-electron chi connectivity index (χ3n) is 2.88. The van der Waals surface area contributed by atoms with Crippen molar-refractivity contribution in [3.63, 3.8) is 0 Å². The first kappa shape index (κ1) is 14.1. The first-order valence-electron chi connectivity index (χ1n) is 6.26. The molecule has 0 spiro atoms. The van der Waals surface area contributed by atoms with Crippen molar-refractivity contribution in [2.75, 3.05) is 13.7 Å². The van der Waals surface area contributed by atoms with Crippen molar-refractivity contribution in [1.82, 2.24) is 20.3 Å². The summed E-state index contributed by atoms with van der Waals surface area (Å²) < 4.78 is 7.75. The highest BCUT2D eigenvalue weighted by Gasteiger charge is 2.32. The van der Waals surface area contributed by atoms with E-state index in [9.17, 15) is 0 Å². The van der Waals surface area contributed by atoms with E-state index in [1.165, 1.54) is 0 Å². The van der Waals surface area contributed by atoms with Crippen LogP contribution in [0.25, 0.3) is 0 Å². The number of hydrogen-bond acceptors (Lipinski definition) is 4. The van der Waals surface area contributed by atoms with E-state index in [2.05, 4.69) is 36.4 Å².